The Labute approximate surface area is 175 Å². The minimum atomic E-state index is -0.239. The molecule has 1 aliphatic heterocycles. The van der Waals surface area contributed by atoms with Gasteiger partial charge in [0.1, 0.15) is 0 Å². The average molecular weight is 420 g/mol. The van der Waals surface area contributed by atoms with Crippen molar-refractivity contribution in [1.29, 1.82) is 0 Å². The molecule has 1 saturated heterocycles. The van der Waals surface area contributed by atoms with Crippen LogP contribution in [-0.4, -0.2) is 42.9 Å². The summed E-state index contributed by atoms with van der Waals surface area (Å²) in [5, 5.41) is 3.97. The average Bonchev–Trinajstić information content (AvgIpc) is 2.69. The standard InChI is InChI=1S/C21H23Cl2N3O2/c1-3-20(27)26-10-8-25(9-11-26)19-7-6-16(13-18(19)23)24-21(28)15-5-4-14(2)17(22)12-15/h4-7,12-13H,3,8-11H2,1-2H3,(H,24,28). The maximum Gasteiger partial charge on any atom is 0.255 e. The summed E-state index contributed by atoms with van der Waals surface area (Å²) < 4.78 is 0. The molecule has 0 aromatic heterocycles. The zero-order valence-corrected chi connectivity index (χ0v) is 17.5. The Bertz CT molecular complexity index is 893. The van der Waals surface area contributed by atoms with Gasteiger partial charge in [0.15, 0.2) is 0 Å². The molecule has 0 saturated carbocycles. The van der Waals surface area contributed by atoms with Crippen LogP contribution in [0.15, 0.2) is 36.4 Å². The van der Waals surface area contributed by atoms with Crippen LogP contribution in [0.5, 0.6) is 0 Å². The fourth-order valence-electron chi connectivity index (χ4n) is 3.20. The second kappa shape index (κ2) is 8.84. The van der Waals surface area contributed by atoms with Crippen molar-refractivity contribution >= 4 is 46.4 Å². The topological polar surface area (TPSA) is 52.7 Å². The maximum atomic E-state index is 12.4. The summed E-state index contributed by atoms with van der Waals surface area (Å²) in [4.78, 5) is 28.3. The van der Waals surface area contributed by atoms with Crippen LogP contribution in [0, 0.1) is 6.92 Å². The second-order valence-corrected chi connectivity index (χ2v) is 7.62. The SMILES string of the molecule is CCC(=O)N1CCN(c2ccc(NC(=O)c3ccc(C)c(Cl)c3)cc2Cl)CC1. The van der Waals surface area contributed by atoms with E-state index in [1.54, 1.807) is 18.2 Å². The van der Waals surface area contributed by atoms with E-state index in [1.807, 2.05) is 36.9 Å². The number of carbonyl (C=O) groups is 2. The first kappa shape index (κ1) is 20.5. The summed E-state index contributed by atoms with van der Waals surface area (Å²) in [5.74, 6) is -0.0579. The lowest BCUT2D eigenvalue weighted by molar-refractivity contribution is -0.131. The van der Waals surface area contributed by atoms with Gasteiger partial charge >= 0.3 is 0 Å². The molecule has 1 N–H and O–H groups in total. The van der Waals surface area contributed by atoms with Crippen molar-refractivity contribution in [3.8, 4) is 0 Å². The van der Waals surface area contributed by atoms with Crippen molar-refractivity contribution in [2.75, 3.05) is 36.4 Å². The predicted octanol–water partition coefficient (Wildman–Crippen LogP) is 4.61. The van der Waals surface area contributed by atoms with Gasteiger partial charge in [-0.15, -0.1) is 0 Å². The minimum absolute atomic E-state index is 0.181. The molecule has 1 fully saturated rings. The number of amides is 2. The van der Waals surface area contributed by atoms with Gasteiger partial charge in [-0.05, 0) is 42.8 Å². The highest BCUT2D eigenvalue weighted by Gasteiger charge is 2.21. The van der Waals surface area contributed by atoms with Crippen LogP contribution in [0.25, 0.3) is 0 Å². The van der Waals surface area contributed by atoms with Crippen LogP contribution in [0.1, 0.15) is 29.3 Å². The molecule has 0 bridgehead atoms. The summed E-state index contributed by atoms with van der Waals surface area (Å²) in [7, 11) is 0. The van der Waals surface area contributed by atoms with Crippen LogP contribution >= 0.6 is 23.2 Å². The van der Waals surface area contributed by atoms with Gasteiger partial charge in [0.25, 0.3) is 5.91 Å². The Balaban J connectivity index is 1.66. The molecule has 2 amide bonds. The third-order valence-electron chi connectivity index (χ3n) is 4.92. The molecule has 2 aromatic carbocycles. The molecule has 7 heteroatoms. The van der Waals surface area contributed by atoms with Crippen molar-refractivity contribution in [2.45, 2.75) is 20.3 Å². The molecular weight excluding hydrogens is 397 g/mol. The molecule has 1 heterocycles. The summed E-state index contributed by atoms with van der Waals surface area (Å²) >= 11 is 12.6. The van der Waals surface area contributed by atoms with E-state index in [4.69, 9.17) is 23.2 Å². The van der Waals surface area contributed by atoms with Crippen molar-refractivity contribution in [3.63, 3.8) is 0 Å². The number of nitrogens with zero attached hydrogens (tertiary/aromatic N) is 2. The minimum Gasteiger partial charge on any atom is -0.367 e. The predicted molar refractivity (Wildman–Crippen MR) is 115 cm³/mol. The summed E-state index contributed by atoms with van der Waals surface area (Å²) in [6.45, 7) is 6.62. The lowest BCUT2D eigenvalue weighted by Gasteiger charge is -2.36. The van der Waals surface area contributed by atoms with E-state index in [0.717, 1.165) is 24.3 Å². The van der Waals surface area contributed by atoms with Crippen molar-refractivity contribution < 1.29 is 9.59 Å². The Hall–Kier alpha value is -2.24. The monoisotopic (exact) mass is 419 g/mol. The van der Waals surface area contributed by atoms with E-state index in [1.165, 1.54) is 0 Å². The van der Waals surface area contributed by atoms with Crippen molar-refractivity contribution in [2.24, 2.45) is 0 Å². The Kier molecular flexibility index (Phi) is 6.47. The van der Waals surface area contributed by atoms with Gasteiger partial charge in [-0.1, -0.05) is 36.2 Å². The lowest BCUT2D eigenvalue weighted by atomic mass is 10.1. The van der Waals surface area contributed by atoms with Crippen molar-refractivity contribution in [3.05, 3.63) is 57.6 Å². The molecule has 2 aromatic rings. The molecule has 0 atom stereocenters. The van der Waals surface area contributed by atoms with Crippen LogP contribution in [0.3, 0.4) is 0 Å². The largest absolute Gasteiger partial charge is 0.367 e. The fourth-order valence-corrected chi connectivity index (χ4v) is 3.68. The number of aryl methyl sites for hydroxylation is 1. The molecule has 5 nitrogen and oxygen atoms in total. The van der Waals surface area contributed by atoms with Gasteiger partial charge in [-0.2, -0.15) is 0 Å². The first-order valence-electron chi connectivity index (χ1n) is 9.29. The van der Waals surface area contributed by atoms with Crippen LogP contribution in [-0.2, 0) is 4.79 Å². The molecule has 148 valence electrons. The zero-order valence-electron chi connectivity index (χ0n) is 16.0. The Morgan fingerprint density at radius 2 is 1.71 bits per heavy atom. The lowest BCUT2D eigenvalue weighted by Crippen LogP contribution is -2.48. The molecule has 3 rings (SSSR count). The molecule has 28 heavy (non-hydrogen) atoms. The van der Waals surface area contributed by atoms with Gasteiger partial charge in [0.2, 0.25) is 5.91 Å². The number of rotatable bonds is 4. The van der Waals surface area contributed by atoms with E-state index in [0.29, 0.717) is 40.8 Å². The Morgan fingerprint density at radius 1 is 1.00 bits per heavy atom. The smallest absolute Gasteiger partial charge is 0.255 e. The molecule has 1 aliphatic rings. The highest BCUT2D eigenvalue weighted by atomic mass is 35.5. The molecular formula is C21H23Cl2N3O2. The van der Waals surface area contributed by atoms with E-state index in [2.05, 4.69) is 10.2 Å². The second-order valence-electron chi connectivity index (χ2n) is 6.81. The normalized spacial score (nSPS) is 14.1. The van der Waals surface area contributed by atoms with Gasteiger partial charge in [-0.25, -0.2) is 0 Å². The molecule has 0 radical (unpaired) electrons. The molecule has 0 unspecified atom stereocenters. The number of piperazine rings is 1. The number of benzene rings is 2. The maximum absolute atomic E-state index is 12.4. The number of nitrogens with one attached hydrogen (secondary N) is 1. The van der Waals surface area contributed by atoms with Crippen LogP contribution < -0.4 is 10.2 Å². The van der Waals surface area contributed by atoms with E-state index < -0.39 is 0 Å². The van der Waals surface area contributed by atoms with E-state index >= 15 is 0 Å². The first-order valence-corrected chi connectivity index (χ1v) is 10.0. The quantitative estimate of drug-likeness (QED) is 0.786. The van der Waals surface area contributed by atoms with Gasteiger partial charge in [-0.3, -0.25) is 9.59 Å². The number of hydrogen-bond acceptors (Lipinski definition) is 3. The number of halogens is 2. The molecule has 0 aliphatic carbocycles. The fraction of sp³-hybridized carbons (Fsp3) is 0.333. The number of anilines is 2. The number of carbonyl (C=O) groups excluding carboxylic acids is 2. The summed E-state index contributed by atoms with van der Waals surface area (Å²) in [6.07, 6.45) is 0.529. The number of hydrogen-bond donors (Lipinski definition) is 1. The third kappa shape index (κ3) is 4.59. The zero-order chi connectivity index (χ0) is 20.3. The van der Waals surface area contributed by atoms with Gasteiger partial charge in [0, 0.05) is 48.9 Å². The third-order valence-corrected chi connectivity index (χ3v) is 5.63. The van der Waals surface area contributed by atoms with E-state index in [9.17, 15) is 9.59 Å². The van der Waals surface area contributed by atoms with Crippen LogP contribution in [0.2, 0.25) is 10.0 Å². The summed E-state index contributed by atoms with van der Waals surface area (Å²) in [6, 6.07) is 10.7. The van der Waals surface area contributed by atoms with Crippen molar-refractivity contribution in [1.82, 2.24) is 4.90 Å². The highest BCUT2D eigenvalue weighted by molar-refractivity contribution is 6.33. The summed E-state index contributed by atoms with van der Waals surface area (Å²) in [5.41, 5.74) is 2.94. The Morgan fingerprint density at radius 3 is 2.32 bits per heavy atom. The van der Waals surface area contributed by atoms with Crippen LogP contribution in [0.4, 0.5) is 11.4 Å². The molecule has 0 spiro atoms. The van der Waals surface area contributed by atoms with E-state index in [-0.39, 0.29) is 11.8 Å². The first-order chi connectivity index (χ1) is 13.4. The van der Waals surface area contributed by atoms with Gasteiger partial charge in [0.05, 0.1) is 10.7 Å². The highest BCUT2D eigenvalue weighted by Crippen LogP contribution is 2.30. The van der Waals surface area contributed by atoms with Gasteiger partial charge < -0.3 is 15.1 Å².